The summed E-state index contributed by atoms with van der Waals surface area (Å²) in [5, 5.41) is 0. The number of ether oxygens (including phenoxy) is 2. The van der Waals surface area contributed by atoms with Gasteiger partial charge in [-0.2, -0.15) is 0 Å². The van der Waals surface area contributed by atoms with E-state index in [1.165, 1.54) is 45.3 Å². The topological polar surface area (TPSA) is 24.9 Å². The maximum atomic E-state index is 6.19. The molecular formula is C17H32N2O2. The lowest BCUT2D eigenvalue weighted by atomic mass is 9.85. The van der Waals surface area contributed by atoms with E-state index in [-0.39, 0.29) is 5.60 Å². The molecule has 0 aromatic carbocycles. The first-order valence-corrected chi connectivity index (χ1v) is 8.79. The lowest BCUT2D eigenvalue weighted by Crippen LogP contribution is -2.60. The Morgan fingerprint density at radius 3 is 2.48 bits per heavy atom. The molecule has 21 heavy (non-hydrogen) atoms. The van der Waals surface area contributed by atoms with Gasteiger partial charge < -0.3 is 14.4 Å². The summed E-state index contributed by atoms with van der Waals surface area (Å²) < 4.78 is 11.9. The summed E-state index contributed by atoms with van der Waals surface area (Å²) in [5.41, 5.74) is -0.0117. The lowest BCUT2D eigenvalue weighted by Gasteiger charge is -2.49. The molecule has 4 heteroatoms. The molecule has 0 unspecified atom stereocenters. The summed E-state index contributed by atoms with van der Waals surface area (Å²) in [4.78, 5) is 5.32. The smallest absolute Gasteiger partial charge is 0.107 e. The second kappa shape index (κ2) is 6.53. The molecule has 0 saturated carbocycles. The second-order valence-corrected chi connectivity index (χ2v) is 7.36. The van der Waals surface area contributed by atoms with Gasteiger partial charge in [-0.3, -0.25) is 4.90 Å². The standard InChI is InChI=1S/C17H32N2O2/c1-14(2)18-9-5-15(6-10-18)19-11-7-16(20-3)17(13-19)8-4-12-21-17/h14-16H,4-13H2,1-3H3/t16-,17-/m0/s1. The third-order valence-electron chi connectivity index (χ3n) is 5.90. The number of nitrogens with zero attached hydrogens (tertiary/aromatic N) is 2. The highest BCUT2D eigenvalue weighted by molar-refractivity contribution is 5.01. The summed E-state index contributed by atoms with van der Waals surface area (Å²) in [6.07, 6.45) is 6.41. The van der Waals surface area contributed by atoms with Gasteiger partial charge in [-0.15, -0.1) is 0 Å². The summed E-state index contributed by atoms with van der Waals surface area (Å²) in [5.74, 6) is 0. The molecule has 3 rings (SSSR count). The van der Waals surface area contributed by atoms with Crippen molar-refractivity contribution in [3.05, 3.63) is 0 Å². The zero-order valence-corrected chi connectivity index (χ0v) is 14.0. The van der Waals surface area contributed by atoms with E-state index >= 15 is 0 Å². The molecule has 122 valence electrons. The highest BCUT2D eigenvalue weighted by Gasteiger charge is 2.48. The van der Waals surface area contributed by atoms with Crippen LogP contribution in [0.4, 0.5) is 0 Å². The van der Waals surface area contributed by atoms with Crippen LogP contribution in [0, 0.1) is 0 Å². The molecule has 3 fully saturated rings. The van der Waals surface area contributed by atoms with Gasteiger partial charge in [-0.05, 0) is 59.0 Å². The zero-order valence-electron chi connectivity index (χ0n) is 14.0. The summed E-state index contributed by atoms with van der Waals surface area (Å²) in [6, 6.07) is 1.44. The third kappa shape index (κ3) is 3.14. The Morgan fingerprint density at radius 2 is 1.90 bits per heavy atom. The molecule has 1 spiro atoms. The third-order valence-corrected chi connectivity index (χ3v) is 5.90. The summed E-state index contributed by atoms with van der Waals surface area (Å²) in [7, 11) is 1.85. The van der Waals surface area contributed by atoms with Crippen LogP contribution in [0.25, 0.3) is 0 Å². The molecule has 3 heterocycles. The Hall–Kier alpha value is -0.160. The second-order valence-electron chi connectivity index (χ2n) is 7.36. The molecule has 0 amide bonds. The maximum Gasteiger partial charge on any atom is 0.107 e. The highest BCUT2D eigenvalue weighted by atomic mass is 16.5. The van der Waals surface area contributed by atoms with Gasteiger partial charge in [0.15, 0.2) is 0 Å². The molecule has 0 radical (unpaired) electrons. The van der Waals surface area contributed by atoms with Crippen LogP contribution in [0.1, 0.15) is 46.0 Å². The van der Waals surface area contributed by atoms with Crippen LogP contribution in [0.15, 0.2) is 0 Å². The Bertz CT molecular complexity index is 334. The van der Waals surface area contributed by atoms with E-state index in [2.05, 4.69) is 23.6 Å². The fourth-order valence-electron chi connectivity index (χ4n) is 4.58. The van der Waals surface area contributed by atoms with Crippen molar-refractivity contribution in [1.82, 2.24) is 9.80 Å². The quantitative estimate of drug-likeness (QED) is 0.796. The molecule has 3 aliphatic heterocycles. The highest BCUT2D eigenvalue weighted by Crippen LogP contribution is 2.37. The molecule has 0 N–H and O–H groups in total. The predicted octanol–water partition coefficient (Wildman–Crippen LogP) is 2.13. The number of piperidine rings is 2. The van der Waals surface area contributed by atoms with Crippen molar-refractivity contribution in [1.29, 1.82) is 0 Å². The maximum absolute atomic E-state index is 6.19. The predicted molar refractivity (Wildman–Crippen MR) is 84.6 cm³/mol. The van der Waals surface area contributed by atoms with E-state index in [0.717, 1.165) is 25.6 Å². The fraction of sp³-hybridized carbons (Fsp3) is 1.00. The van der Waals surface area contributed by atoms with Crippen LogP contribution < -0.4 is 0 Å². The molecule has 0 aromatic rings. The average Bonchev–Trinajstić information content (AvgIpc) is 2.96. The van der Waals surface area contributed by atoms with Gasteiger partial charge >= 0.3 is 0 Å². The van der Waals surface area contributed by atoms with Crippen molar-refractivity contribution in [2.75, 3.05) is 39.9 Å². The van der Waals surface area contributed by atoms with E-state index in [9.17, 15) is 0 Å². The van der Waals surface area contributed by atoms with Crippen LogP contribution >= 0.6 is 0 Å². The molecule has 3 aliphatic rings. The molecule has 4 nitrogen and oxygen atoms in total. The first-order chi connectivity index (χ1) is 10.1. The van der Waals surface area contributed by atoms with E-state index in [0.29, 0.717) is 12.1 Å². The Morgan fingerprint density at radius 1 is 1.14 bits per heavy atom. The van der Waals surface area contributed by atoms with Crippen molar-refractivity contribution < 1.29 is 9.47 Å². The van der Waals surface area contributed by atoms with Crippen LogP contribution in [0.3, 0.4) is 0 Å². The number of hydrogen-bond donors (Lipinski definition) is 0. The molecule has 2 atom stereocenters. The van der Waals surface area contributed by atoms with Crippen LogP contribution in [0.2, 0.25) is 0 Å². The first kappa shape index (κ1) is 15.7. The van der Waals surface area contributed by atoms with E-state index in [1.807, 2.05) is 7.11 Å². The van der Waals surface area contributed by atoms with E-state index in [1.54, 1.807) is 0 Å². The van der Waals surface area contributed by atoms with Crippen molar-refractivity contribution in [2.45, 2.75) is 69.7 Å². The largest absolute Gasteiger partial charge is 0.378 e. The zero-order chi connectivity index (χ0) is 14.9. The SMILES string of the molecule is CO[C@H]1CCN(C2CCN(C(C)C)CC2)C[C@@]12CCCO2. The normalized spacial score (nSPS) is 36.9. The number of likely N-dealkylation sites (tertiary alicyclic amines) is 2. The first-order valence-electron chi connectivity index (χ1n) is 8.79. The minimum absolute atomic E-state index is 0.0117. The van der Waals surface area contributed by atoms with Crippen molar-refractivity contribution in [2.24, 2.45) is 0 Å². The van der Waals surface area contributed by atoms with Crippen LogP contribution in [-0.4, -0.2) is 73.5 Å². The van der Waals surface area contributed by atoms with Gasteiger partial charge in [-0.25, -0.2) is 0 Å². The van der Waals surface area contributed by atoms with Crippen molar-refractivity contribution >= 4 is 0 Å². The number of hydrogen-bond acceptors (Lipinski definition) is 4. The van der Waals surface area contributed by atoms with Crippen LogP contribution in [0.5, 0.6) is 0 Å². The van der Waals surface area contributed by atoms with Crippen LogP contribution in [-0.2, 0) is 9.47 Å². The fourth-order valence-corrected chi connectivity index (χ4v) is 4.58. The molecule has 0 bridgehead atoms. The minimum Gasteiger partial charge on any atom is -0.378 e. The summed E-state index contributed by atoms with van der Waals surface area (Å²) in [6.45, 7) is 10.3. The average molecular weight is 296 g/mol. The monoisotopic (exact) mass is 296 g/mol. The molecular weight excluding hydrogens is 264 g/mol. The molecule has 0 aliphatic carbocycles. The molecule has 3 saturated heterocycles. The summed E-state index contributed by atoms with van der Waals surface area (Å²) >= 11 is 0. The van der Waals surface area contributed by atoms with Crippen molar-refractivity contribution in [3.63, 3.8) is 0 Å². The van der Waals surface area contributed by atoms with Gasteiger partial charge in [0.25, 0.3) is 0 Å². The number of rotatable bonds is 3. The Kier molecular flexibility index (Phi) is 4.89. The van der Waals surface area contributed by atoms with Gasteiger partial charge in [0.1, 0.15) is 5.60 Å². The van der Waals surface area contributed by atoms with Gasteiger partial charge in [0.2, 0.25) is 0 Å². The van der Waals surface area contributed by atoms with E-state index < -0.39 is 0 Å². The Labute approximate surface area is 129 Å². The van der Waals surface area contributed by atoms with Gasteiger partial charge in [0.05, 0.1) is 6.10 Å². The number of methoxy groups -OCH3 is 1. The lowest BCUT2D eigenvalue weighted by molar-refractivity contribution is -0.152. The molecule has 0 aromatic heterocycles. The van der Waals surface area contributed by atoms with Crippen molar-refractivity contribution in [3.8, 4) is 0 Å². The Balaban J connectivity index is 1.60. The van der Waals surface area contributed by atoms with E-state index in [4.69, 9.17) is 9.47 Å². The van der Waals surface area contributed by atoms with Gasteiger partial charge in [-0.1, -0.05) is 0 Å². The van der Waals surface area contributed by atoms with Gasteiger partial charge in [0, 0.05) is 38.9 Å². The minimum atomic E-state index is -0.0117.